The third kappa shape index (κ3) is 3.80. The van der Waals surface area contributed by atoms with E-state index in [4.69, 9.17) is 0 Å². The van der Waals surface area contributed by atoms with E-state index in [1.54, 1.807) is 54.9 Å². The minimum atomic E-state index is -3.67. The van der Waals surface area contributed by atoms with Crippen molar-refractivity contribution in [3.63, 3.8) is 0 Å². The number of aryl methyl sites for hydroxylation is 1. The molecule has 6 nitrogen and oxygen atoms in total. The number of aromatic nitrogens is 1. The van der Waals surface area contributed by atoms with Crippen molar-refractivity contribution in [2.75, 3.05) is 4.31 Å². The summed E-state index contributed by atoms with van der Waals surface area (Å²) < 4.78 is 27.9. The highest BCUT2D eigenvalue weighted by Crippen LogP contribution is 2.37. The van der Waals surface area contributed by atoms with Crippen LogP contribution in [0.25, 0.3) is 0 Å². The minimum Gasteiger partial charge on any atom is -0.348 e. The highest BCUT2D eigenvalue weighted by Gasteiger charge is 2.36. The standard InChI is InChI=1S/C23H23N3O3S/c1-16-5-8-21(9-6-16)30(28,29)26-17(2)12-20-13-19(7-10-22(20)26)23(27)25-15-18-4-3-11-24-14-18/h3-11,13-14,17H,12,15H2,1-2H3,(H,25,27)/t17-/m1/s1. The SMILES string of the molecule is Cc1ccc(S(=O)(=O)N2c3ccc(C(=O)NCc4cccnc4)cc3C[C@H]2C)cc1. The van der Waals surface area contributed by atoms with E-state index < -0.39 is 10.0 Å². The zero-order valence-electron chi connectivity index (χ0n) is 16.9. The number of fused-ring (bicyclic) bond motifs is 1. The Morgan fingerprint density at radius 3 is 2.63 bits per heavy atom. The number of anilines is 1. The van der Waals surface area contributed by atoms with Crippen LogP contribution in [0.5, 0.6) is 0 Å². The molecule has 1 N–H and O–H groups in total. The van der Waals surface area contributed by atoms with E-state index in [1.165, 1.54) is 4.31 Å². The average molecular weight is 422 g/mol. The van der Waals surface area contributed by atoms with Crippen molar-refractivity contribution >= 4 is 21.6 Å². The van der Waals surface area contributed by atoms with Crippen molar-refractivity contribution < 1.29 is 13.2 Å². The maximum Gasteiger partial charge on any atom is 0.264 e. The van der Waals surface area contributed by atoms with Crippen LogP contribution in [0.2, 0.25) is 0 Å². The molecule has 0 saturated heterocycles. The number of carbonyl (C=O) groups is 1. The molecule has 154 valence electrons. The van der Waals surface area contributed by atoms with Crippen LogP contribution in [-0.4, -0.2) is 25.4 Å². The lowest BCUT2D eigenvalue weighted by Gasteiger charge is -2.24. The lowest BCUT2D eigenvalue weighted by atomic mass is 10.1. The van der Waals surface area contributed by atoms with E-state index in [0.717, 1.165) is 16.7 Å². The molecular weight excluding hydrogens is 398 g/mol. The summed E-state index contributed by atoms with van der Waals surface area (Å²) in [4.78, 5) is 16.9. The Morgan fingerprint density at radius 1 is 1.17 bits per heavy atom. The molecule has 1 aliphatic heterocycles. The Bertz CT molecular complexity index is 1180. The summed E-state index contributed by atoms with van der Waals surface area (Å²) in [5.41, 5.74) is 3.92. The molecule has 0 fully saturated rings. The van der Waals surface area contributed by atoms with Crippen LogP contribution in [0.15, 0.2) is 71.9 Å². The molecule has 0 bridgehead atoms. The van der Waals surface area contributed by atoms with Crippen molar-refractivity contribution in [2.24, 2.45) is 0 Å². The first-order valence-electron chi connectivity index (χ1n) is 9.77. The Hall–Kier alpha value is -3.19. The highest BCUT2D eigenvalue weighted by molar-refractivity contribution is 7.92. The van der Waals surface area contributed by atoms with Crippen LogP contribution < -0.4 is 9.62 Å². The van der Waals surface area contributed by atoms with Gasteiger partial charge in [0.05, 0.1) is 10.6 Å². The topological polar surface area (TPSA) is 79.4 Å². The van der Waals surface area contributed by atoms with Gasteiger partial charge in [0, 0.05) is 30.5 Å². The van der Waals surface area contributed by atoms with Crippen molar-refractivity contribution in [3.05, 3.63) is 89.2 Å². The summed E-state index contributed by atoms with van der Waals surface area (Å²) in [6.45, 7) is 4.19. The molecule has 2 heterocycles. The number of benzene rings is 2. The molecule has 7 heteroatoms. The number of hydrogen-bond donors (Lipinski definition) is 1. The maximum absolute atomic E-state index is 13.2. The van der Waals surface area contributed by atoms with Crippen molar-refractivity contribution in [1.82, 2.24) is 10.3 Å². The quantitative estimate of drug-likeness (QED) is 0.684. The molecule has 0 unspecified atom stereocenters. The Kier molecular flexibility index (Phi) is 5.30. The van der Waals surface area contributed by atoms with Gasteiger partial charge in [0.2, 0.25) is 0 Å². The van der Waals surface area contributed by atoms with Gasteiger partial charge in [0.1, 0.15) is 0 Å². The normalized spacial score (nSPS) is 15.7. The first-order valence-corrected chi connectivity index (χ1v) is 11.2. The van der Waals surface area contributed by atoms with Crippen LogP contribution in [-0.2, 0) is 23.0 Å². The van der Waals surface area contributed by atoms with Gasteiger partial charge in [-0.25, -0.2) is 8.42 Å². The fraction of sp³-hybridized carbons (Fsp3) is 0.217. The largest absolute Gasteiger partial charge is 0.348 e. The Balaban J connectivity index is 1.57. The van der Waals surface area contributed by atoms with Gasteiger partial charge in [-0.3, -0.25) is 14.1 Å². The van der Waals surface area contributed by atoms with E-state index in [-0.39, 0.29) is 16.8 Å². The Morgan fingerprint density at radius 2 is 1.93 bits per heavy atom. The molecule has 1 atom stereocenters. The van der Waals surface area contributed by atoms with Crippen LogP contribution in [0.3, 0.4) is 0 Å². The lowest BCUT2D eigenvalue weighted by Crippen LogP contribution is -2.35. The predicted octanol–water partition coefficient (Wildman–Crippen LogP) is 3.46. The van der Waals surface area contributed by atoms with Crippen molar-refractivity contribution in [3.8, 4) is 0 Å². The lowest BCUT2D eigenvalue weighted by molar-refractivity contribution is 0.0951. The number of nitrogens with zero attached hydrogens (tertiary/aromatic N) is 2. The molecule has 30 heavy (non-hydrogen) atoms. The number of sulfonamides is 1. The smallest absolute Gasteiger partial charge is 0.264 e. The molecule has 1 aliphatic rings. The number of nitrogens with one attached hydrogen (secondary N) is 1. The van der Waals surface area contributed by atoms with E-state index in [9.17, 15) is 13.2 Å². The van der Waals surface area contributed by atoms with E-state index in [0.29, 0.717) is 24.2 Å². The van der Waals surface area contributed by atoms with E-state index in [2.05, 4.69) is 10.3 Å². The Labute approximate surface area is 176 Å². The number of amides is 1. The molecule has 1 amide bonds. The van der Waals surface area contributed by atoms with Crippen molar-refractivity contribution in [1.29, 1.82) is 0 Å². The molecule has 0 saturated carbocycles. The number of carbonyl (C=O) groups excluding carboxylic acids is 1. The summed E-state index contributed by atoms with van der Waals surface area (Å²) in [5, 5.41) is 2.88. The summed E-state index contributed by atoms with van der Waals surface area (Å²) >= 11 is 0. The number of pyridine rings is 1. The summed E-state index contributed by atoms with van der Waals surface area (Å²) in [7, 11) is -3.67. The van der Waals surface area contributed by atoms with Gasteiger partial charge < -0.3 is 5.32 Å². The second-order valence-electron chi connectivity index (χ2n) is 7.55. The average Bonchev–Trinajstić information content (AvgIpc) is 3.08. The molecule has 0 aliphatic carbocycles. The monoisotopic (exact) mass is 421 g/mol. The second-order valence-corrected chi connectivity index (χ2v) is 9.37. The van der Waals surface area contributed by atoms with Crippen LogP contribution in [0, 0.1) is 6.92 Å². The number of rotatable bonds is 5. The van der Waals surface area contributed by atoms with Crippen LogP contribution in [0.4, 0.5) is 5.69 Å². The van der Waals surface area contributed by atoms with E-state index >= 15 is 0 Å². The van der Waals surface area contributed by atoms with Gasteiger partial charge in [0.15, 0.2) is 0 Å². The molecule has 2 aromatic carbocycles. The fourth-order valence-corrected chi connectivity index (χ4v) is 5.41. The predicted molar refractivity (Wildman–Crippen MR) is 116 cm³/mol. The van der Waals surface area contributed by atoms with Crippen LogP contribution >= 0.6 is 0 Å². The van der Waals surface area contributed by atoms with Gasteiger partial charge in [-0.15, -0.1) is 0 Å². The first-order chi connectivity index (χ1) is 14.4. The molecule has 4 rings (SSSR count). The van der Waals surface area contributed by atoms with Crippen molar-refractivity contribution in [2.45, 2.75) is 37.8 Å². The van der Waals surface area contributed by atoms with Gasteiger partial charge in [0.25, 0.3) is 15.9 Å². The summed E-state index contributed by atoms with van der Waals surface area (Å²) in [6.07, 6.45) is 3.95. The fourth-order valence-electron chi connectivity index (χ4n) is 3.72. The van der Waals surface area contributed by atoms with Gasteiger partial charge in [-0.1, -0.05) is 23.8 Å². The zero-order chi connectivity index (χ0) is 21.3. The third-order valence-electron chi connectivity index (χ3n) is 5.25. The third-order valence-corrected chi connectivity index (χ3v) is 7.19. The summed E-state index contributed by atoms with van der Waals surface area (Å²) in [6, 6.07) is 15.5. The maximum atomic E-state index is 13.2. The number of hydrogen-bond acceptors (Lipinski definition) is 4. The molecule has 1 aromatic heterocycles. The highest BCUT2D eigenvalue weighted by atomic mass is 32.2. The van der Waals surface area contributed by atoms with Gasteiger partial charge in [-0.05, 0) is 67.8 Å². The zero-order valence-corrected chi connectivity index (χ0v) is 17.7. The summed E-state index contributed by atoms with van der Waals surface area (Å²) in [5.74, 6) is -0.200. The second kappa shape index (κ2) is 7.91. The van der Waals surface area contributed by atoms with Crippen LogP contribution in [0.1, 0.15) is 34.0 Å². The van der Waals surface area contributed by atoms with E-state index in [1.807, 2.05) is 26.0 Å². The van der Waals surface area contributed by atoms with Gasteiger partial charge in [-0.2, -0.15) is 0 Å². The van der Waals surface area contributed by atoms with Gasteiger partial charge >= 0.3 is 0 Å². The molecular formula is C23H23N3O3S. The molecule has 3 aromatic rings. The first kappa shape index (κ1) is 20.1. The molecule has 0 spiro atoms. The minimum absolute atomic E-state index is 0.200. The molecule has 0 radical (unpaired) electrons.